The van der Waals surface area contributed by atoms with Crippen LogP contribution in [0.4, 0.5) is 5.69 Å². The first-order chi connectivity index (χ1) is 10.3. The maximum Gasteiger partial charge on any atom is 0.234 e. The highest BCUT2D eigenvalue weighted by atomic mass is 32.2. The van der Waals surface area contributed by atoms with Crippen LogP contribution in [-0.4, -0.2) is 18.3 Å². The van der Waals surface area contributed by atoms with Crippen molar-refractivity contribution in [2.45, 2.75) is 12.7 Å². The zero-order valence-electron chi connectivity index (χ0n) is 12.0. The summed E-state index contributed by atoms with van der Waals surface area (Å²) in [5.74, 6) is 2.12. The summed E-state index contributed by atoms with van der Waals surface area (Å²) in [6, 6.07) is 17.6. The van der Waals surface area contributed by atoms with Crippen LogP contribution >= 0.6 is 11.8 Å². The topological polar surface area (TPSA) is 38.3 Å². The predicted molar refractivity (Wildman–Crippen MR) is 88.8 cm³/mol. The highest BCUT2D eigenvalue weighted by Crippen LogP contribution is 2.16. The van der Waals surface area contributed by atoms with Crippen LogP contribution in [-0.2, 0) is 10.5 Å². The third-order valence-corrected chi connectivity index (χ3v) is 3.80. The molecule has 0 spiro atoms. The number of ether oxygens (including phenoxy) is 1. The van der Waals surface area contributed by atoms with Gasteiger partial charge in [0, 0.05) is 11.4 Å². The molecule has 0 atom stereocenters. The second-order valence-electron chi connectivity index (χ2n) is 4.48. The van der Waals surface area contributed by atoms with E-state index in [1.165, 1.54) is 5.56 Å². The molecule has 0 aromatic heterocycles. The maximum absolute atomic E-state index is 11.9. The Bertz CT molecular complexity index is 555. The van der Waals surface area contributed by atoms with Gasteiger partial charge in [0.15, 0.2) is 0 Å². The minimum Gasteiger partial charge on any atom is -0.494 e. The van der Waals surface area contributed by atoms with Gasteiger partial charge in [-0.3, -0.25) is 4.79 Å². The Morgan fingerprint density at radius 3 is 2.48 bits per heavy atom. The Kier molecular flexibility index (Phi) is 6.16. The molecule has 0 radical (unpaired) electrons. The van der Waals surface area contributed by atoms with Crippen molar-refractivity contribution in [3.05, 3.63) is 60.2 Å². The molecule has 0 aliphatic carbocycles. The SMILES string of the molecule is CCOc1ccc(NC(=O)CSCc2ccccc2)cc1. The minimum atomic E-state index is 0.0140. The fraction of sp³-hybridized carbons (Fsp3) is 0.235. The van der Waals surface area contributed by atoms with Gasteiger partial charge in [0.2, 0.25) is 5.91 Å². The van der Waals surface area contributed by atoms with Crippen LogP contribution in [0.3, 0.4) is 0 Å². The predicted octanol–water partition coefficient (Wildman–Crippen LogP) is 3.96. The molecule has 2 aromatic rings. The van der Waals surface area contributed by atoms with Crippen molar-refractivity contribution < 1.29 is 9.53 Å². The molecule has 1 N–H and O–H groups in total. The first kappa shape index (κ1) is 15.4. The van der Waals surface area contributed by atoms with Crippen molar-refractivity contribution in [3.8, 4) is 5.75 Å². The summed E-state index contributed by atoms with van der Waals surface area (Å²) >= 11 is 1.61. The van der Waals surface area contributed by atoms with E-state index in [9.17, 15) is 4.79 Å². The molecule has 1 amide bonds. The molecule has 0 saturated carbocycles. The fourth-order valence-corrected chi connectivity index (χ4v) is 2.62. The van der Waals surface area contributed by atoms with Gasteiger partial charge in [0.25, 0.3) is 0 Å². The molecule has 0 heterocycles. The third kappa shape index (κ3) is 5.52. The molecule has 0 fully saturated rings. The van der Waals surface area contributed by atoms with E-state index in [2.05, 4.69) is 17.4 Å². The van der Waals surface area contributed by atoms with E-state index in [0.717, 1.165) is 17.2 Å². The van der Waals surface area contributed by atoms with Crippen LogP contribution in [0.15, 0.2) is 54.6 Å². The molecule has 2 rings (SSSR count). The van der Waals surface area contributed by atoms with Gasteiger partial charge in [-0.1, -0.05) is 30.3 Å². The van der Waals surface area contributed by atoms with E-state index in [1.54, 1.807) is 11.8 Å². The van der Waals surface area contributed by atoms with Gasteiger partial charge in [-0.05, 0) is 36.8 Å². The number of carbonyl (C=O) groups is 1. The van der Waals surface area contributed by atoms with Gasteiger partial charge in [-0.2, -0.15) is 0 Å². The van der Waals surface area contributed by atoms with Crippen molar-refractivity contribution in [3.63, 3.8) is 0 Å². The zero-order chi connectivity index (χ0) is 14.9. The van der Waals surface area contributed by atoms with Crippen molar-refractivity contribution in [1.82, 2.24) is 0 Å². The fourth-order valence-electron chi connectivity index (χ4n) is 1.83. The Labute approximate surface area is 129 Å². The van der Waals surface area contributed by atoms with E-state index in [1.807, 2.05) is 49.4 Å². The molecule has 0 unspecified atom stereocenters. The smallest absolute Gasteiger partial charge is 0.234 e. The molecular weight excluding hydrogens is 282 g/mol. The molecule has 0 aliphatic rings. The van der Waals surface area contributed by atoms with Crippen molar-refractivity contribution in [2.75, 3.05) is 17.7 Å². The molecule has 0 aliphatic heterocycles. The zero-order valence-corrected chi connectivity index (χ0v) is 12.9. The molecule has 110 valence electrons. The van der Waals surface area contributed by atoms with Gasteiger partial charge < -0.3 is 10.1 Å². The highest BCUT2D eigenvalue weighted by molar-refractivity contribution is 7.99. The summed E-state index contributed by atoms with van der Waals surface area (Å²) in [5.41, 5.74) is 2.03. The summed E-state index contributed by atoms with van der Waals surface area (Å²) < 4.78 is 5.36. The maximum atomic E-state index is 11.9. The van der Waals surface area contributed by atoms with Crippen LogP contribution < -0.4 is 10.1 Å². The molecule has 2 aromatic carbocycles. The summed E-state index contributed by atoms with van der Waals surface area (Å²) in [7, 11) is 0. The number of rotatable bonds is 7. The Balaban J connectivity index is 1.74. The van der Waals surface area contributed by atoms with E-state index in [0.29, 0.717) is 12.4 Å². The number of thioether (sulfide) groups is 1. The molecule has 3 nitrogen and oxygen atoms in total. The van der Waals surface area contributed by atoms with Gasteiger partial charge >= 0.3 is 0 Å². The lowest BCUT2D eigenvalue weighted by atomic mass is 10.2. The average Bonchev–Trinajstić information content (AvgIpc) is 2.51. The molecule has 0 bridgehead atoms. The van der Waals surface area contributed by atoms with E-state index in [-0.39, 0.29) is 5.91 Å². The van der Waals surface area contributed by atoms with E-state index >= 15 is 0 Å². The van der Waals surface area contributed by atoms with E-state index < -0.39 is 0 Å². The number of carbonyl (C=O) groups excluding carboxylic acids is 1. The second-order valence-corrected chi connectivity index (χ2v) is 5.47. The molecule has 4 heteroatoms. The first-order valence-corrected chi connectivity index (χ1v) is 8.08. The van der Waals surface area contributed by atoms with Crippen molar-refractivity contribution in [2.24, 2.45) is 0 Å². The first-order valence-electron chi connectivity index (χ1n) is 6.92. The minimum absolute atomic E-state index is 0.0140. The summed E-state index contributed by atoms with van der Waals surface area (Å²) in [6.45, 7) is 2.58. The largest absolute Gasteiger partial charge is 0.494 e. The number of hydrogen-bond donors (Lipinski definition) is 1. The number of amides is 1. The van der Waals surface area contributed by atoms with Crippen LogP contribution in [0.5, 0.6) is 5.75 Å². The number of hydrogen-bond acceptors (Lipinski definition) is 3. The Hall–Kier alpha value is -1.94. The van der Waals surface area contributed by atoms with Crippen molar-refractivity contribution in [1.29, 1.82) is 0 Å². The lowest BCUT2D eigenvalue weighted by molar-refractivity contribution is -0.113. The van der Waals surface area contributed by atoms with Crippen LogP contribution in [0.25, 0.3) is 0 Å². The average molecular weight is 301 g/mol. The molecule has 21 heavy (non-hydrogen) atoms. The Morgan fingerprint density at radius 2 is 1.81 bits per heavy atom. The summed E-state index contributed by atoms with van der Waals surface area (Å²) in [5, 5.41) is 2.88. The standard InChI is InChI=1S/C17H19NO2S/c1-2-20-16-10-8-15(9-11-16)18-17(19)13-21-12-14-6-4-3-5-7-14/h3-11H,2,12-13H2,1H3,(H,18,19). The van der Waals surface area contributed by atoms with Gasteiger partial charge in [-0.15, -0.1) is 11.8 Å². The number of anilines is 1. The van der Waals surface area contributed by atoms with Gasteiger partial charge in [-0.25, -0.2) is 0 Å². The van der Waals surface area contributed by atoms with Crippen molar-refractivity contribution >= 4 is 23.4 Å². The molecule has 0 saturated heterocycles. The highest BCUT2D eigenvalue weighted by Gasteiger charge is 2.03. The van der Waals surface area contributed by atoms with E-state index in [4.69, 9.17) is 4.74 Å². The van der Waals surface area contributed by atoms with Gasteiger partial charge in [0.1, 0.15) is 5.75 Å². The number of nitrogens with one attached hydrogen (secondary N) is 1. The quantitative estimate of drug-likeness (QED) is 0.841. The second kappa shape index (κ2) is 8.37. The summed E-state index contributed by atoms with van der Waals surface area (Å²) in [6.07, 6.45) is 0. The lowest BCUT2D eigenvalue weighted by Crippen LogP contribution is -2.14. The third-order valence-electron chi connectivity index (χ3n) is 2.79. The van der Waals surface area contributed by atoms with Crippen LogP contribution in [0, 0.1) is 0 Å². The monoisotopic (exact) mass is 301 g/mol. The Morgan fingerprint density at radius 1 is 1.10 bits per heavy atom. The normalized spacial score (nSPS) is 10.1. The van der Waals surface area contributed by atoms with Crippen LogP contribution in [0.2, 0.25) is 0 Å². The number of benzene rings is 2. The van der Waals surface area contributed by atoms with Crippen LogP contribution in [0.1, 0.15) is 12.5 Å². The molecular formula is C17H19NO2S. The van der Waals surface area contributed by atoms with Gasteiger partial charge in [0.05, 0.1) is 12.4 Å². The summed E-state index contributed by atoms with van der Waals surface area (Å²) in [4.78, 5) is 11.9. The lowest BCUT2D eigenvalue weighted by Gasteiger charge is -2.07.